The van der Waals surface area contributed by atoms with Gasteiger partial charge >= 0.3 is 0 Å². The Bertz CT molecular complexity index is 1660. The van der Waals surface area contributed by atoms with Crippen molar-refractivity contribution in [1.82, 2.24) is 9.47 Å². The Morgan fingerprint density at radius 2 is 1.49 bits per heavy atom. The van der Waals surface area contributed by atoms with Gasteiger partial charge in [-0.2, -0.15) is 0 Å². The highest BCUT2D eigenvalue weighted by atomic mass is 35.5. The lowest BCUT2D eigenvalue weighted by Crippen LogP contribution is -2.44. The first-order valence-corrected chi connectivity index (χ1v) is 13.7. The van der Waals surface area contributed by atoms with E-state index in [9.17, 15) is 4.79 Å². The molecule has 5 aromatic rings. The van der Waals surface area contributed by atoms with Gasteiger partial charge in [-0.05, 0) is 77.7 Å². The fraction of sp³-hybridized carbons (Fsp3) is 0.182. The molecule has 2 heterocycles. The predicted molar refractivity (Wildman–Crippen MR) is 164 cm³/mol. The van der Waals surface area contributed by atoms with Gasteiger partial charge in [-0.15, -0.1) is 0 Å². The molecule has 6 rings (SSSR count). The molecule has 39 heavy (non-hydrogen) atoms. The molecule has 4 aromatic carbocycles. The molecule has 0 atom stereocenters. The Hall–Kier alpha value is -4.06. The third-order valence-corrected chi connectivity index (χ3v) is 7.89. The number of nitrogens with zero attached hydrogens (tertiary/aromatic N) is 3. The van der Waals surface area contributed by atoms with Crippen LogP contribution >= 0.6 is 11.6 Å². The van der Waals surface area contributed by atoms with Gasteiger partial charge in [0.05, 0.1) is 12.1 Å². The van der Waals surface area contributed by atoms with Gasteiger partial charge in [-0.1, -0.05) is 60.1 Å². The smallest absolute Gasteiger partial charge is 0.251 e. The van der Waals surface area contributed by atoms with Crippen molar-refractivity contribution >= 4 is 39.6 Å². The molecule has 196 valence electrons. The number of rotatable bonds is 6. The number of benzene rings is 4. The molecule has 1 aromatic heterocycles. The van der Waals surface area contributed by atoms with E-state index in [2.05, 4.69) is 76.8 Å². The molecule has 0 unspecified atom stereocenters. The Kier molecular flexibility index (Phi) is 7.10. The van der Waals surface area contributed by atoms with Crippen LogP contribution in [0.15, 0.2) is 108 Å². The molecule has 1 N–H and O–H groups in total. The number of halogens is 1. The van der Waals surface area contributed by atoms with E-state index in [1.54, 1.807) is 6.07 Å². The zero-order chi connectivity index (χ0) is 26.8. The van der Waals surface area contributed by atoms with Crippen LogP contribution in [0.2, 0.25) is 5.02 Å². The SMILES string of the molecule is CN1CCN(c2ccc(Nc3ccc4ccc(=O)n(Cc5c(Cl)cccc5-c5ccccc5)c4c3)cc2)CC1. The highest BCUT2D eigenvalue weighted by molar-refractivity contribution is 6.31. The fourth-order valence-electron chi connectivity index (χ4n) is 5.28. The molecule has 6 heteroatoms. The Morgan fingerprint density at radius 1 is 0.769 bits per heavy atom. The van der Waals surface area contributed by atoms with Gasteiger partial charge in [0, 0.05) is 54.3 Å². The number of hydrogen-bond donors (Lipinski definition) is 1. The molecule has 1 saturated heterocycles. The van der Waals surface area contributed by atoms with Gasteiger partial charge in [0.25, 0.3) is 5.56 Å². The Labute approximate surface area is 233 Å². The lowest BCUT2D eigenvalue weighted by atomic mass is 9.99. The van der Waals surface area contributed by atoms with Crippen LogP contribution in [0.3, 0.4) is 0 Å². The van der Waals surface area contributed by atoms with Crippen LogP contribution in [-0.2, 0) is 6.54 Å². The van der Waals surface area contributed by atoms with Crippen LogP contribution in [0, 0.1) is 0 Å². The minimum absolute atomic E-state index is 0.0601. The van der Waals surface area contributed by atoms with Crippen molar-refractivity contribution in [2.24, 2.45) is 0 Å². The zero-order valence-corrected chi connectivity index (χ0v) is 22.7. The molecular formula is C33H31ClN4O. The van der Waals surface area contributed by atoms with Crippen molar-refractivity contribution in [3.8, 4) is 11.1 Å². The summed E-state index contributed by atoms with van der Waals surface area (Å²) in [6, 6.07) is 34.3. The normalized spacial score (nSPS) is 14.1. The molecule has 1 fully saturated rings. The maximum absolute atomic E-state index is 13.2. The molecule has 0 bridgehead atoms. The van der Waals surface area contributed by atoms with E-state index in [1.165, 1.54) is 5.69 Å². The standard InChI is InChI=1S/C33H31ClN4O/c1-36-18-20-37(21-19-36)28-15-13-26(14-16-28)35-27-12-10-25-11-17-33(39)38(32(25)22-27)23-30-29(8-5-9-31(30)34)24-6-3-2-4-7-24/h2-17,22,35H,18-21,23H2,1H3. The lowest BCUT2D eigenvalue weighted by Gasteiger charge is -2.34. The van der Waals surface area contributed by atoms with Crippen molar-refractivity contribution in [3.05, 3.63) is 124 Å². The molecule has 1 aliphatic heterocycles. The summed E-state index contributed by atoms with van der Waals surface area (Å²) < 4.78 is 1.81. The summed E-state index contributed by atoms with van der Waals surface area (Å²) in [6.45, 7) is 4.63. The van der Waals surface area contributed by atoms with Gasteiger partial charge < -0.3 is 19.7 Å². The maximum Gasteiger partial charge on any atom is 0.251 e. The van der Waals surface area contributed by atoms with Crippen LogP contribution in [-0.4, -0.2) is 42.7 Å². The Morgan fingerprint density at radius 3 is 2.26 bits per heavy atom. The average Bonchev–Trinajstić information content (AvgIpc) is 2.97. The van der Waals surface area contributed by atoms with Gasteiger partial charge in [0.15, 0.2) is 0 Å². The molecule has 0 aliphatic carbocycles. The fourth-order valence-corrected chi connectivity index (χ4v) is 5.52. The van der Waals surface area contributed by atoms with Crippen LogP contribution in [0.5, 0.6) is 0 Å². The highest BCUT2D eigenvalue weighted by Crippen LogP contribution is 2.31. The van der Waals surface area contributed by atoms with E-state index >= 15 is 0 Å². The summed E-state index contributed by atoms with van der Waals surface area (Å²) in [5, 5.41) is 5.17. The second-order valence-electron chi connectivity index (χ2n) is 10.1. The van der Waals surface area contributed by atoms with E-state index in [-0.39, 0.29) is 5.56 Å². The first kappa shape index (κ1) is 25.2. The third-order valence-electron chi connectivity index (χ3n) is 7.54. The zero-order valence-electron chi connectivity index (χ0n) is 22.0. The van der Waals surface area contributed by atoms with Crippen LogP contribution < -0.4 is 15.8 Å². The maximum atomic E-state index is 13.2. The average molecular weight is 535 g/mol. The van der Waals surface area contributed by atoms with E-state index in [0.29, 0.717) is 11.6 Å². The number of aromatic nitrogens is 1. The summed E-state index contributed by atoms with van der Waals surface area (Å²) in [5.41, 5.74) is 7.02. The van der Waals surface area contributed by atoms with Gasteiger partial charge in [0.1, 0.15) is 0 Å². The first-order valence-electron chi connectivity index (χ1n) is 13.3. The van der Waals surface area contributed by atoms with E-state index in [1.807, 2.05) is 47.0 Å². The van der Waals surface area contributed by atoms with E-state index in [0.717, 1.165) is 65.1 Å². The molecule has 0 radical (unpaired) electrons. The van der Waals surface area contributed by atoms with Crippen LogP contribution in [0.1, 0.15) is 5.56 Å². The van der Waals surface area contributed by atoms with Gasteiger partial charge in [-0.3, -0.25) is 4.79 Å². The van der Waals surface area contributed by atoms with Gasteiger partial charge in [0.2, 0.25) is 0 Å². The van der Waals surface area contributed by atoms with Crippen molar-refractivity contribution < 1.29 is 0 Å². The summed E-state index contributed by atoms with van der Waals surface area (Å²) in [6.07, 6.45) is 0. The van der Waals surface area contributed by atoms with Crippen molar-refractivity contribution in [2.75, 3.05) is 43.4 Å². The second-order valence-corrected chi connectivity index (χ2v) is 10.5. The van der Waals surface area contributed by atoms with Crippen molar-refractivity contribution in [3.63, 3.8) is 0 Å². The minimum atomic E-state index is -0.0601. The van der Waals surface area contributed by atoms with Crippen LogP contribution in [0.25, 0.3) is 22.0 Å². The number of anilines is 3. The number of pyridine rings is 1. The Balaban J connectivity index is 1.31. The quantitative estimate of drug-likeness (QED) is 0.258. The largest absolute Gasteiger partial charge is 0.369 e. The highest BCUT2D eigenvalue weighted by Gasteiger charge is 2.15. The van der Waals surface area contributed by atoms with E-state index < -0.39 is 0 Å². The lowest BCUT2D eigenvalue weighted by molar-refractivity contribution is 0.313. The summed E-state index contributed by atoms with van der Waals surface area (Å²) in [5.74, 6) is 0. The molecular weight excluding hydrogens is 504 g/mol. The molecule has 0 amide bonds. The molecule has 1 aliphatic rings. The van der Waals surface area contributed by atoms with Crippen LogP contribution in [0.4, 0.5) is 17.1 Å². The number of fused-ring (bicyclic) bond motifs is 1. The minimum Gasteiger partial charge on any atom is -0.369 e. The first-order chi connectivity index (χ1) is 19.0. The molecule has 0 spiro atoms. The van der Waals surface area contributed by atoms with Crippen molar-refractivity contribution in [1.29, 1.82) is 0 Å². The topological polar surface area (TPSA) is 40.5 Å². The number of piperazine rings is 1. The number of nitrogens with one attached hydrogen (secondary N) is 1. The monoisotopic (exact) mass is 534 g/mol. The summed E-state index contributed by atoms with van der Waals surface area (Å²) >= 11 is 6.71. The number of likely N-dealkylation sites (N-methyl/N-ethyl adjacent to an activating group) is 1. The molecule has 0 saturated carbocycles. The summed E-state index contributed by atoms with van der Waals surface area (Å²) in [7, 11) is 2.17. The third kappa shape index (κ3) is 5.42. The van der Waals surface area contributed by atoms with Crippen molar-refractivity contribution in [2.45, 2.75) is 6.54 Å². The predicted octanol–water partition coefficient (Wildman–Crippen LogP) is 6.87. The second kappa shape index (κ2) is 11.0. The number of hydrogen-bond acceptors (Lipinski definition) is 4. The van der Waals surface area contributed by atoms with Gasteiger partial charge in [-0.25, -0.2) is 0 Å². The summed E-state index contributed by atoms with van der Waals surface area (Å²) in [4.78, 5) is 18.0. The van der Waals surface area contributed by atoms with E-state index in [4.69, 9.17) is 11.6 Å². The molecule has 5 nitrogen and oxygen atoms in total.